The Bertz CT molecular complexity index is 211. The van der Waals surface area contributed by atoms with Gasteiger partial charge >= 0.3 is 18.9 Å². The van der Waals surface area contributed by atoms with E-state index in [9.17, 15) is 0 Å². The topological polar surface area (TPSA) is 9.23 Å². The molecular formula is C12H17LiO. The number of benzene rings is 1. The molecule has 0 aliphatic heterocycles. The SMILES string of the molecule is [CH2-]CCCCCOc1ccccc1.[Li+]. The molecular weight excluding hydrogens is 167 g/mol. The van der Waals surface area contributed by atoms with Gasteiger partial charge in [0.05, 0.1) is 6.61 Å². The summed E-state index contributed by atoms with van der Waals surface area (Å²) in [6.45, 7) is 4.62. The summed E-state index contributed by atoms with van der Waals surface area (Å²) < 4.78 is 5.53. The van der Waals surface area contributed by atoms with Crippen LogP contribution in [-0.4, -0.2) is 6.61 Å². The number of ether oxygens (including phenoxy) is 1. The molecule has 1 aromatic carbocycles. The van der Waals surface area contributed by atoms with Crippen LogP contribution < -0.4 is 23.6 Å². The van der Waals surface area contributed by atoms with Gasteiger partial charge in [-0.2, -0.15) is 6.42 Å². The maximum atomic E-state index is 5.53. The monoisotopic (exact) mass is 184 g/mol. The summed E-state index contributed by atoms with van der Waals surface area (Å²) in [4.78, 5) is 0. The van der Waals surface area contributed by atoms with Gasteiger partial charge in [-0.15, -0.1) is 0 Å². The van der Waals surface area contributed by atoms with Crippen LogP contribution in [0.15, 0.2) is 30.3 Å². The molecule has 0 aromatic heterocycles. The molecule has 1 nitrogen and oxygen atoms in total. The summed E-state index contributed by atoms with van der Waals surface area (Å²) in [7, 11) is 0. The summed E-state index contributed by atoms with van der Waals surface area (Å²) in [6.07, 6.45) is 4.59. The van der Waals surface area contributed by atoms with Crippen LogP contribution in [0.2, 0.25) is 0 Å². The Balaban J connectivity index is 0.00000169. The maximum Gasteiger partial charge on any atom is 1.00 e. The number of rotatable bonds is 6. The van der Waals surface area contributed by atoms with E-state index in [4.69, 9.17) is 4.74 Å². The minimum absolute atomic E-state index is 0. The Labute approximate surface area is 99.0 Å². The minimum atomic E-state index is 0. The van der Waals surface area contributed by atoms with Crippen LogP contribution in [0, 0.1) is 6.92 Å². The van der Waals surface area contributed by atoms with Crippen molar-refractivity contribution in [2.24, 2.45) is 0 Å². The smallest absolute Gasteiger partial charge is 0.494 e. The van der Waals surface area contributed by atoms with Crippen LogP contribution in [0.3, 0.4) is 0 Å². The predicted octanol–water partition coefficient (Wildman–Crippen LogP) is 0.464. The first kappa shape index (κ1) is 13.6. The first-order chi connectivity index (χ1) is 6.43. The van der Waals surface area contributed by atoms with E-state index in [1.54, 1.807) is 0 Å². The van der Waals surface area contributed by atoms with Crippen molar-refractivity contribution in [1.82, 2.24) is 0 Å². The molecule has 1 aromatic rings. The summed E-state index contributed by atoms with van der Waals surface area (Å²) in [5.74, 6) is 0.970. The van der Waals surface area contributed by atoms with Gasteiger partial charge in [-0.3, -0.25) is 0 Å². The standard InChI is InChI=1S/C12H17O.Li/c1-2-3-4-8-11-13-12-9-6-5-7-10-12;/h5-7,9-10H,1-4,8,11H2;/q-1;+1. The molecule has 0 saturated carbocycles. The molecule has 0 amide bonds. The molecule has 14 heavy (non-hydrogen) atoms. The van der Waals surface area contributed by atoms with Gasteiger partial charge in [0, 0.05) is 0 Å². The van der Waals surface area contributed by atoms with Crippen molar-refractivity contribution in [3.63, 3.8) is 0 Å². The van der Waals surface area contributed by atoms with Gasteiger partial charge in [0.2, 0.25) is 0 Å². The zero-order chi connectivity index (χ0) is 9.36. The van der Waals surface area contributed by atoms with E-state index in [2.05, 4.69) is 6.92 Å². The summed E-state index contributed by atoms with van der Waals surface area (Å²) in [6, 6.07) is 9.95. The van der Waals surface area contributed by atoms with Crippen molar-refractivity contribution in [1.29, 1.82) is 0 Å². The first-order valence-corrected chi connectivity index (χ1v) is 4.90. The second-order valence-electron chi connectivity index (χ2n) is 3.08. The fourth-order valence-corrected chi connectivity index (χ4v) is 1.16. The van der Waals surface area contributed by atoms with Gasteiger partial charge in [-0.05, 0) is 18.6 Å². The van der Waals surface area contributed by atoms with Crippen LogP contribution in [0.25, 0.3) is 0 Å². The average molecular weight is 184 g/mol. The molecule has 72 valence electrons. The van der Waals surface area contributed by atoms with E-state index in [0.29, 0.717) is 0 Å². The normalized spacial score (nSPS) is 9.21. The van der Waals surface area contributed by atoms with Crippen molar-refractivity contribution in [3.05, 3.63) is 37.3 Å². The Morgan fingerprint density at radius 2 is 1.71 bits per heavy atom. The average Bonchev–Trinajstić information content (AvgIpc) is 2.19. The van der Waals surface area contributed by atoms with Gasteiger partial charge in [-0.25, -0.2) is 0 Å². The Morgan fingerprint density at radius 1 is 1.00 bits per heavy atom. The van der Waals surface area contributed by atoms with Crippen molar-refractivity contribution in [2.45, 2.75) is 25.7 Å². The van der Waals surface area contributed by atoms with E-state index in [1.807, 2.05) is 30.3 Å². The van der Waals surface area contributed by atoms with Gasteiger partial charge in [0.25, 0.3) is 0 Å². The molecule has 0 unspecified atom stereocenters. The largest absolute Gasteiger partial charge is 1.00 e. The molecule has 0 atom stereocenters. The Hall–Kier alpha value is -0.383. The van der Waals surface area contributed by atoms with E-state index in [-0.39, 0.29) is 18.9 Å². The zero-order valence-corrected chi connectivity index (χ0v) is 9.04. The van der Waals surface area contributed by atoms with Crippen LogP contribution in [0.1, 0.15) is 25.7 Å². The number of hydrogen-bond acceptors (Lipinski definition) is 1. The molecule has 0 heterocycles. The minimum Gasteiger partial charge on any atom is -0.494 e. The van der Waals surface area contributed by atoms with Crippen molar-refractivity contribution >= 4 is 0 Å². The van der Waals surface area contributed by atoms with Crippen LogP contribution in [0.4, 0.5) is 0 Å². The number of para-hydroxylation sites is 1. The third-order valence-electron chi connectivity index (χ3n) is 1.91. The number of hydrogen-bond donors (Lipinski definition) is 0. The van der Waals surface area contributed by atoms with Crippen molar-refractivity contribution in [2.75, 3.05) is 6.61 Å². The van der Waals surface area contributed by atoms with Crippen molar-refractivity contribution in [3.8, 4) is 5.75 Å². The molecule has 0 N–H and O–H groups in total. The third-order valence-corrected chi connectivity index (χ3v) is 1.91. The summed E-state index contributed by atoms with van der Waals surface area (Å²) >= 11 is 0. The van der Waals surface area contributed by atoms with E-state index in [0.717, 1.165) is 25.2 Å². The second kappa shape index (κ2) is 9.18. The van der Waals surface area contributed by atoms with Gasteiger partial charge in [-0.1, -0.05) is 31.0 Å². The van der Waals surface area contributed by atoms with Crippen LogP contribution in [0.5, 0.6) is 5.75 Å². The Kier molecular flexibility index (Phi) is 8.93. The molecule has 0 radical (unpaired) electrons. The molecule has 0 aliphatic rings. The Morgan fingerprint density at radius 3 is 2.36 bits per heavy atom. The molecule has 2 heteroatoms. The third kappa shape index (κ3) is 6.13. The summed E-state index contributed by atoms with van der Waals surface area (Å²) in [5.41, 5.74) is 0. The summed E-state index contributed by atoms with van der Waals surface area (Å²) in [5, 5.41) is 0. The molecule has 0 spiro atoms. The molecule has 1 rings (SSSR count). The first-order valence-electron chi connectivity index (χ1n) is 4.90. The van der Waals surface area contributed by atoms with Crippen LogP contribution in [-0.2, 0) is 0 Å². The second-order valence-corrected chi connectivity index (χ2v) is 3.08. The van der Waals surface area contributed by atoms with Gasteiger partial charge < -0.3 is 11.7 Å². The van der Waals surface area contributed by atoms with E-state index < -0.39 is 0 Å². The molecule has 0 aliphatic carbocycles. The maximum absolute atomic E-state index is 5.53. The quantitative estimate of drug-likeness (QED) is 0.354. The number of unbranched alkanes of at least 4 members (excludes halogenated alkanes) is 3. The van der Waals surface area contributed by atoms with Crippen molar-refractivity contribution < 1.29 is 23.6 Å². The molecule has 0 fully saturated rings. The fraction of sp³-hybridized carbons (Fsp3) is 0.417. The fourth-order valence-electron chi connectivity index (χ4n) is 1.16. The molecule has 0 bridgehead atoms. The molecule has 0 saturated heterocycles. The van der Waals surface area contributed by atoms with Gasteiger partial charge in [0.1, 0.15) is 5.75 Å². The van der Waals surface area contributed by atoms with E-state index >= 15 is 0 Å². The predicted molar refractivity (Wildman–Crippen MR) is 55.8 cm³/mol. The zero-order valence-electron chi connectivity index (χ0n) is 9.04. The van der Waals surface area contributed by atoms with Gasteiger partial charge in [0.15, 0.2) is 0 Å². The van der Waals surface area contributed by atoms with Crippen LogP contribution >= 0.6 is 0 Å². The van der Waals surface area contributed by atoms with E-state index in [1.165, 1.54) is 12.8 Å².